The smallest absolute Gasteiger partial charge is 0.193 e. The Bertz CT molecular complexity index is 647. The molecule has 3 rings (SSSR count). The van der Waals surface area contributed by atoms with E-state index in [1.165, 1.54) is 0 Å². The van der Waals surface area contributed by atoms with E-state index in [1.54, 1.807) is 0 Å². The summed E-state index contributed by atoms with van der Waals surface area (Å²) in [6.07, 6.45) is 1.83. The lowest BCUT2D eigenvalue weighted by molar-refractivity contribution is 0.103. The van der Waals surface area contributed by atoms with Crippen molar-refractivity contribution in [3.05, 3.63) is 67.6 Å². The van der Waals surface area contributed by atoms with Crippen LogP contribution in [0, 0.1) is 0 Å². The molecule has 0 saturated heterocycles. The molecular formula is C15H10Br2O. The van der Waals surface area contributed by atoms with Crippen molar-refractivity contribution in [1.82, 2.24) is 0 Å². The van der Waals surface area contributed by atoms with Crippen LogP contribution in [0.5, 0.6) is 0 Å². The fraction of sp³-hybridized carbons (Fsp3) is 0.133. The number of ketones is 1. The second-order valence-electron chi connectivity index (χ2n) is 4.43. The molecular weight excluding hydrogens is 356 g/mol. The van der Waals surface area contributed by atoms with Crippen LogP contribution < -0.4 is 0 Å². The zero-order chi connectivity index (χ0) is 12.7. The van der Waals surface area contributed by atoms with Crippen LogP contribution in [0.4, 0.5) is 0 Å². The second kappa shape index (κ2) is 4.63. The highest BCUT2D eigenvalue weighted by atomic mass is 79.9. The van der Waals surface area contributed by atoms with Crippen molar-refractivity contribution in [1.29, 1.82) is 0 Å². The number of carbonyl (C=O) groups excluding carboxylic acids is 1. The van der Waals surface area contributed by atoms with Crippen molar-refractivity contribution in [3.8, 4) is 0 Å². The van der Waals surface area contributed by atoms with Gasteiger partial charge >= 0.3 is 0 Å². The number of fused-ring (bicyclic) bond motifs is 2. The van der Waals surface area contributed by atoms with Crippen molar-refractivity contribution < 1.29 is 4.79 Å². The van der Waals surface area contributed by atoms with E-state index < -0.39 is 0 Å². The molecule has 0 aromatic heterocycles. The third kappa shape index (κ3) is 2.06. The highest BCUT2D eigenvalue weighted by molar-refractivity contribution is 9.10. The van der Waals surface area contributed by atoms with Gasteiger partial charge < -0.3 is 0 Å². The number of rotatable bonds is 0. The molecule has 0 unspecified atom stereocenters. The molecule has 0 radical (unpaired) electrons. The summed E-state index contributed by atoms with van der Waals surface area (Å²) in [5, 5.41) is 0. The second-order valence-corrected chi connectivity index (χ2v) is 6.26. The Morgan fingerprint density at radius 2 is 1.44 bits per heavy atom. The molecule has 1 nitrogen and oxygen atoms in total. The van der Waals surface area contributed by atoms with Crippen LogP contribution in [0.1, 0.15) is 27.0 Å². The van der Waals surface area contributed by atoms with Crippen LogP contribution in [0.3, 0.4) is 0 Å². The van der Waals surface area contributed by atoms with E-state index in [0.29, 0.717) is 0 Å². The molecule has 90 valence electrons. The molecule has 0 atom stereocenters. The van der Waals surface area contributed by atoms with Crippen molar-refractivity contribution in [2.24, 2.45) is 0 Å². The fourth-order valence-corrected chi connectivity index (χ4v) is 3.15. The lowest BCUT2D eigenvalue weighted by Gasteiger charge is -2.05. The minimum absolute atomic E-state index is 0.131. The van der Waals surface area contributed by atoms with Gasteiger partial charge in [0.2, 0.25) is 0 Å². The predicted octanol–water partition coefficient (Wildman–Crippen LogP) is 4.54. The topological polar surface area (TPSA) is 17.1 Å². The minimum Gasteiger partial charge on any atom is -0.289 e. The predicted molar refractivity (Wildman–Crippen MR) is 79.1 cm³/mol. The Kier molecular flexibility index (Phi) is 3.12. The maximum Gasteiger partial charge on any atom is 0.193 e. The van der Waals surface area contributed by atoms with Crippen LogP contribution in [-0.4, -0.2) is 5.78 Å². The van der Waals surface area contributed by atoms with Gasteiger partial charge in [-0.15, -0.1) is 0 Å². The molecule has 0 spiro atoms. The molecule has 1 aliphatic rings. The number of aryl methyl sites for hydroxylation is 2. The molecule has 0 fully saturated rings. The number of benzene rings is 2. The quantitative estimate of drug-likeness (QED) is 0.669. The van der Waals surface area contributed by atoms with Gasteiger partial charge in [-0.2, -0.15) is 0 Å². The Morgan fingerprint density at radius 1 is 0.778 bits per heavy atom. The highest BCUT2D eigenvalue weighted by Crippen LogP contribution is 2.28. The lowest BCUT2D eigenvalue weighted by Crippen LogP contribution is -2.04. The van der Waals surface area contributed by atoms with Gasteiger partial charge in [0.15, 0.2) is 5.78 Å². The molecule has 3 heteroatoms. The number of hydrogen-bond acceptors (Lipinski definition) is 1. The zero-order valence-corrected chi connectivity index (χ0v) is 12.7. The van der Waals surface area contributed by atoms with Gasteiger partial charge in [-0.1, -0.05) is 37.9 Å². The summed E-state index contributed by atoms with van der Waals surface area (Å²) in [6.45, 7) is 0. The first-order chi connectivity index (χ1) is 8.65. The number of hydrogen-bond donors (Lipinski definition) is 0. The maximum absolute atomic E-state index is 12.6. The monoisotopic (exact) mass is 364 g/mol. The van der Waals surface area contributed by atoms with Crippen molar-refractivity contribution >= 4 is 37.6 Å². The van der Waals surface area contributed by atoms with Crippen LogP contribution >= 0.6 is 31.9 Å². The van der Waals surface area contributed by atoms with Crippen molar-refractivity contribution in [3.63, 3.8) is 0 Å². The fourth-order valence-electron chi connectivity index (χ4n) is 2.38. The first-order valence-electron chi connectivity index (χ1n) is 5.77. The summed E-state index contributed by atoms with van der Waals surface area (Å²) in [7, 11) is 0. The minimum atomic E-state index is 0.131. The molecule has 0 N–H and O–H groups in total. The van der Waals surface area contributed by atoms with Crippen molar-refractivity contribution in [2.45, 2.75) is 12.8 Å². The van der Waals surface area contributed by atoms with Crippen LogP contribution in [-0.2, 0) is 12.8 Å². The highest BCUT2D eigenvalue weighted by Gasteiger charge is 2.21. The van der Waals surface area contributed by atoms with Gasteiger partial charge in [0.1, 0.15) is 0 Å². The SMILES string of the molecule is O=C1c2ccc(Br)cc2CCc2ccc(Br)cc21. The Balaban J connectivity index is 2.20. The van der Waals surface area contributed by atoms with Crippen LogP contribution in [0.2, 0.25) is 0 Å². The molecule has 0 bridgehead atoms. The molecule has 18 heavy (non-hydrogen) atoms. The zero-order valence-electron chi connectivity index (χ0n) is 9.54. The molecule has 2 aromatic rings. The van der Waals surface area contributed by atoms with Gasteiger partial charge in [0, 0.05) is 20.1 Å². The van der Waals surface area contributed by atoms with Crippen LogP contribution in [0.25, 0.3) is 0 Å². The van der Waals surface area contributed by atoms with E-state index in [0.717, 1.165) is 44.0 Å². The lowest BCUT2D eigenvalue weighted by atomic mass is 9.99. The van der Waals surface area contributed by atoms with E-state index >= 15 is 0 Å². The summed E-state index contributed by atoms with van der Waals surface area (Å²) < 4.78 is 1.98. The number of carbonyl (C=O) groups is 1. The average molecular weight is 366 g/mol. The average Bonchev–Trinajstić information content (AvgIpc) is 2.48. The van der Waals surface area contributed by atoms with Gasteiger partial charge in [-0.05, 0) is 54.3 Å². The summed E-state index contributed by atoms with van der Waals surface area (Å²) in [6, 6.07) is 11.9. The molecule has 0 aliphatic heterocycles. The van der Waals surface area contributed by atoms with Crippen LogP contribution in [0.15, 0.2) is 45.3 Å². The third-order valence-corrected chi connectivity index (χ3v) is 4.28. The van der Waals surface area contributed by atoms with Gasteiger partial charge in [-0.3, -0.25) is 4.79 Å². The van der Waals surface area contributed by atoms with Gasteiger partial charge in [0.25, 0.3) is 0 Å². The molecule has 0 amide bonds. The Hall–Kier alpha value is -0.930. The molecule has 0 saturated carbocycles. The van der Waals surface area contributed by atoms with Crippen molar-refractivity contribution in [2.75, 3.05) is 0 Å². The summed E-state index contributed by atoms with van der Waals surface area (Å²) in [5.74, 6) is 0.131. The first kappa shape index (κ1) is 12.1. The largest absolute Gasteiger partial charge is 0.289 e. The summed E-state index contributed by atoms with van der Waals surface area (Å²) >= 11 is 6.90. The van der Waals surface area contributed by atoms with E-state index in [2.05, 4.69) is 31.9 Å². The normalized spacial score (nSPS) is 13.8. The standard InChI is InChI=1S/C15H10Br2O/c16-11-5-6-13-10(7-11)2-1-9-3-4-12(17)8-14(9)15(13)18/h3-8H,1-2H2. The van der Waals surface area contributed by atoms with E-state index in [-0.39, 0.29) is 5.78 Å². The van der Waals surface area contributed by atoms with Gasteiger partial charge in [-0.25, -0.2) is 0 Å². The van der Waals surface area contributed by atoms with Gasteiger partial charge in [0.05, 0.1) is 0 Å². The molecule has 2 aromatic carbocycles. The Labute approximate surface area is 122 Å². The summed E-state index contributed by atoms with van der Waals surface area (Å²) in [4.78, 5) is 12.6. The van der Waals surface area contributed by atoms with E-state index in [1.807, 2.05) is 36.4 Å². The molecule has 0 heterocycles. The maximum atomic E-state index is 12.6. The third-order valence-electron chi connectivity index (χ3n) is 3.29. The Morgan fingerprint density at radius 3 is 2.28 bits per heavy atom. The van der Waals surface area contributed by atoms with E-state index in [9.17, 15) is 4.79 Å². The summed E-state index contributed by atoms with van der Waals surface area (Å²) in [5.41, 5.74) is 3.91. The number of halogens is 2. The first-order valence-corrected chi connectivity index (χ1v) is 7.35. The van der Waals surface area contributed by atoms with E-state index in [4.69, 9.17) is 0 Å². The molecule has 1 aliphatic carbocycles.